The molecule has 2 amide bonds. The number of carbonyl (C=O) groups is 2. The monoisotopic (exact) mass is 274 g/mol. The Bertz CT molecular complexity index is 569. The van der Waals surface area contributed by atoms with Crippen LogP contribution in [-0.4, -0.2) is 33.3 Å². The lowest BCUT2D eigenvalue weighted by molar-refractivity contribution is -0.139. The lowest BCUT2D eigenvalue weighted by Crippen LogP contribution is -2.44. The molecule has 0 radical (unpaired) electrons. The summed E-state index contributed by atoms with van der Waals surface area (Å²) in [6.07, 6.45) is 3.13. The Morgan fingerprint density at radius 1 is 1.30 bits per heavy atom. The highest BCUT2D eigenvalue weighted by Crippen LogP contribution is 2.05. The number of carbonyl (C=O) groups excluding carboxylic acids is 1. The van der Waals surface area contributed by atoms with E-state index in [4.69, 9.17) is 5.11 Å². The lowest BCUT2D eigenvalue weighted by Gasteiger charge is -2.14. The minimum atomic E-state index is -1.09. The Morgan fingerprint density at radius 3 is 2.65 bits per heavy atom. The summed E-state index contributed by atoms with van der Waals surface area (Å²) in [7, 11) is 0. The number of hydrogen-bond donors (Lipinski definition) is 4. The highest BCUT2D eigenvalue weighted by molar-refractivity contribution is 5.92. The van der Waals surface area contributed by atoms with Gasteiger partial charge >= 0.3 is 12.0 Å². The Hall–Kier alpha value is -2.83. The zero-order valence-corrected chi connectivity index (χ0v) is 10.5. The van der Waals surface area contributed by atoms with Crippen LogP contribution in [0.2, 0.25) is 0 Å². The molecule has 4 N–H and O–H groups in total. The third-order valence-corrected chi connectivity index (χ3v) is 2.64. The van der Waals surface area contributed by atoms with Crippen LogP contribution in [-0.2, 0) is 11.2 Å². The molecule has 1 atom stereocenters. The number of carboxylic acid groups (broad SMARTS) is 1. The van der Waals surface area contributed by atoms with Crippen LogP contribution >= 0.6 is 0 Å². The largest absolute Gasteiger partial charge is 0.480 e. The number of carboxylic acids is 1. The molecule has 0 fully saturated rings. The fourth-order valence-electron chi connectivity index (χ4n) is 1.69. The molecule has 7 nitrogen and oxygen atoms in total. The van der Waals surface area contributed by atoms with Crippen molar-refractivity contribution in [2.45, 2.75) is 12.5 Å². The van der Waals surface area contributed by atoms with Gasteiger partial charge in [0.15, 0.2) is 0 Å². The van der Waals surface area contributed by atoms with Crippen LogP contribution in [0.5, 0.6) is 0 Å². The number of amides is 2. The standard InChI is InChI=1S/C13H14N4O3/c18-12(19)11(6-9-4-2-1-3-5-9)17-13(20)16-10-7-14-15-8-10/h1-5,7-8,11H,6H2,(H,14,15)(H,18,19)(H2,16,17,20)/t11-/m1/s1. The molecular weight excluding hydrogens is 260 g/mol. The molecule has 0 saturated heterocycles. The van der Waals surface area contributed by atoms with Gasteiger partial charge in [-0.05, 0) is 5.56 Å². The number of nitrogens with one attached hydrogen (secondary N) is 3. The molecule has 20 heavy (non-hydrogen) atoms. The van der Waals surface area contributed by atoms with E-state index in [2.05, 4.69) is 20.8 Å². The van der Waals surface area contributed by atoms with Gasteiger partial charge in [-0.2, -0.15) is 5.10 Å². The maximum absolute atomic E-state index is 11.7. The van der Waals surface area contributed by atoms with E-state index in [0.29, 0.717) is 5.69 Å². The van der Waals surface area contributed by atoms with Crippen molar-refractivity contribution in [3.63, 3.8) is 0 Å². The van der Waals surface area contributed by atoms with Gasteiger partial charge in [-0.1, -0.05) is 30.3 Å². The molecule has 2 rings (SSSR count). The molecule has 0 spiro atoms. The number of aliphatic carboxylic acids is 1. The lowest BCUT2D eigenvalue weighted by atomic mass is 10.1. The summed E-state index contributed by atoms with van der Waals surface area (Å²) in [4.78, 5) is 22.9. The van der Waals surface area contributed by atoms with Crippen LogP contribution in [0.3, 0.4) is 0 Å². The Labute approximate surface area is 115 Å². The number of anilines is 1. The molecule has 1 aromatic carbocycles. The van der Waals surface area contributed by atoms with Gasteiger partial charge in [-0.25, -0.2) is 9.59 Å². The number of hydrogen-bond acceptors (Lipinski definition) is 3. The van der Waals surface area contributed by atoms with Gasteiger partial charge in [-0.3, -0.25) is 5.10 Å². The first-order valence-corrected chi connectivity index (χ1v) is 5.98. The average Bonchev–Trinajstić information content (AvgIpc) is 2.92. The predicted octanol–water partition coefficient (Wildman–Crippen LogP) is 1.23. The summed E-state index contributed by atoms with van der Waals surface area (Å²) in [6, 6.07) is 7.52. The molecule has 0 aliphatic heterocycles. The second-order valence-electron chi connectivity index (χ2n) is 4.17. The third-order valence-electron chi connectivity index (χ3n) is 2.64. The maximum atomic E-state index is 11.7. The van der Waals surface area contributed by atoms with Crippen molar-refractivity contribution in [2.75, 3.05) is 5.32 Å². The molecule has 2 aromatic rings. The Kier molecular flexibility index (Phi) is 4.33. The summed E-state index contributed by atoms with van der Waals surface area (Å²) in [5.74, 6) is -1.09. The molecule has 0 saturated carbocycles. The van der Waals surface area contributed by atoms with E-state index in [-0.39, 0.29) is 6.42 Å². The van der Waals surface area contributed by atoms with Crippen molar-refractivity contribution in [1.29, 1.82) is 0 Å². The van der Waals surface area contributed by atoms with Crippen molar-refractivity contribution in [2.24, 2.45) is 0 Å². The molecule has 0 bridgehead atoms. The van der Waals surface area contributed by atoms with Gasteiger partial charge in [0.1, 0.15) is 6.04 Å². The summed E-state index contributed by atoms with van der Waals surface area (Å²) >= 11 is 0. The van der Waals surface area contributed by atoms with Crippen LogP contribution in [0, 0.1) is 0 Å². The molecular formula is C13H14N4O3. The van der Waals surface area contributed by atoms with E-state index in [1.807, 2.05) is 30.3 Å². The third kappa shape index (κ3) is 3.84. The first-order chi connectivity index (χ1) is 9.65. The van der Waals surface area contributed by atoms with Crippen LogP contribution in [0.1, 0.15) is 5.56 Å². The number of urea groups is 1. The Balaban J connectivity index is 1.95. The fraction of sp³-hybridized carbons (Fsp3) is 0.154. The van der Waals surface area contributed by atoms with Crippen molar-refractivity contribution in [3.8, 4) is 0 Å². The summed E-state index contributed by atoms with van der Waals surface area (Å²) < 4.78 is 0. The molecule has 104 valence electrons. The van der Waals surface area contributed by atoms with Crippen LogP contribution in [0.25, 0.3) is 0 Å². The first kappa shape index (κ1) is 13.6. The van der Waals surface area contributed by atoms with Gasteiger partial charge in [0.2, 0.25) is 0 Å². The van der Waals surface area contributed by atoms with Crippen molar-refractivity contribution in [1.82, 2.24) is 15.5 Å². The summed E-state index contributed by atoms with van der Waals surface area (Å²) in [6.45, 7) is 0. The van der Waals surface area contributed by atoms with E-state index in [9.17, 15) is 9.59 Å². The van der Waals surface area contributed by atoms with E-state index < -0.39 is 18.0 Å². The highest BCUT2D eigenvalue weighted by Gasteiger charge is 2.20. The molecule has 1 aromatic heterocycles. The van der Waals surface area contributed by atoms with E-state index in [1.165, 1.54) is 12.4 Å². The minimum absolute atomic E-state index is 0.217. The average molecular weight is 274 g/mol. The van der Waals surface area contributed by atoms with Gasteiger partial charge in [0, 0.05) is 12.6 Å². The number of rotatable bonds is 5. The molecule has 0 aliphatic carbocycles. The van der Waals surface area contributed by atoms with E-state index in [1.54, 1.807) is 0 Å². The second kappa shape index (κ2) is 6.37. The quantitative estimate of drug-likeness (QED) is 0.657. The molecule has 7 heteroatoms. The highest BCUT2D eigenvalue weighted by atomic mass is 16.4. The van der Waals surface area contributed by atoms with Gasteiger partial charge in [0.25, 0.3) is 0 Å². The zero-order chi connectivity index (χ0) is 14.4. The Morgan fingerprint density at radius 2 is 2.05 bits per heavy atom. The van der Waals surface area contributed by atoms with Gasteiger partial charge < -0.3 is 15.7 Å². The maximum Gasteiger partial charge on any atom is 0.326 e. The van der Waals surface area contributed by atoms with Crippen molar-refractivity contribution in [3.05, 3.63) is 48.3 Å². The number of benzene rings is 1. The number of nitrogens with zero attached hydrogens (tertiary/aromatic N) is 1. The number of aromatic amines is 1. The van der Waals surface area contributed by atoms with E-state index >= 15 is 0 Å². The smallest absolute Gasteiger partial charge is 0.326 e. The topological polar surface area (TPSA) is 107 Å². The molecule has 0 unspecified atom stereocenters. The van der Waals surface area contributed by atoms with Crippen molar-refractivity contribution >= 4 is 17.7 Å². The molecule has 1 heterocycles. The normalized spacial score (nSPS) is 11.6. The second-order valence-corrected chi connectivity index (χ2v) is 4.17. The van der Waals surface area contributed by atoms with Crippen LogP contribution in [0.4, 0.5) is 10.5 Å². The van der Waals surface area contributed by atoms with Crippen LogP contribution in [0.15, 0.2) is 42.7 Å². The number of aromatic nitrogens is 2. The minimum Gasteiger partial charge on any atom is -0.480 e. The van der Waals surface area contributed by atoms with E-state index in [0.717, 1.165) is 5.56 Å². The van der Waals surface area contributed by atoms with Gasteiger partial charge in [-0.15, -0.1) is 0 Å². The molecule has 0 aliphatic rings. The summed E-state index contributed by atoms with van der Waals surface area (Å²) in [5.41, 5.74) is 1.30. The number of H-pyrrole nitrogens is 1. The van der Waals surface area contributed by atoms with Crippen molar-refractivity contribution < 1.29 is 14.7 Å². The summed E-state index contributed by atoms with van der Waals surface area (Å²) in [5, 5.41) is 20.3. The zero-order valence-electron chi connectivity index (χ0n) is 10.5. The first-order valence-electron chi connectivity index (χ1n) is 5.98. The predicted molar refractivity (Wildman–Crippen MR) is 72.3 cm³/mol. The van der Waals surface area contributed by atoms with Gasteiger partial charge in [0.05, 0.1) is 11.9 Å². The fourth-order valence-corrected chi connectivity index (χ4v) is 1.69. The van der Waals surface area contributed by atoms with Crippen LogP contribution < -0.4 is 10.6 Å². The SMILES string of the molecule is O=C(Nc1cn[nH]c1)N[C@H](Cc1ccccc1)C(=O)O.